The van der Waals surface area contributed by atoms with E-state index in [1.54, 1.807) is 0 Å². The molecule has 1 aliphatic rings. The Hall–Kier alpha value is -2.61. The highest BCUT2D eigenvalue weighted by atomic mass is 16.6. The fraction of sp³-hybridized carbons (Fsp3) is 0.594. The standard InChI is InChI=1S/C32H48N2O9/c1-33-10-12-36-14-16-38-18-20-40-22-24-42-25-23-41-21-19-39-17-15-37-13-11-34-32(35)43-26-31-29-8-4-2-6-27(29)28-7-3-5-9-30(28)31/h2-9,31,33H,10-26H2,1H3,(H,34,35). The molecule has 0 saturated carbocycles. The zero-order valence-electron chi connectivity index (χ0n) is 25.4. The Balaban J connectivity index is 1.03. The summed E-state index contributed by atoms with van der Waals surface area (Å²) in [6.45, 7) is 8.70. The van der Waals surface area contributed by atoms with E-state index >= 15 is 0 Å². The first-order valence-corrected chi connectivity index (χ1v) is 15.1. The van der Waals surface area contributed by atoms with Gasteiger partial charge in [-0.2, -0.15) is 0 Å². The molecule has 0 spiro atoms. The van der Waals surface area contributed by atoms with Crippen molar-refractivity contribution in [3.05, 3.63) is 59.7 Å². The van der Waals surface area contributed by atoms with E-state index in [1.165, 1.54) is 22.3 Å². The van der Waals surface area contributed by atoms with E-state index in [0.717, 1.165) is 6.54 Å². The van der Waals surface area contributed by atoms with Gasteiger partial charge in [-0.15, -0.1) is 0 Å². The van der Waals surface area contributed by atoms with E-state index in [9.17, 15) is 4.79 Å². The van der Waals surface area contributed by atoms with Crippen LogP contribution in [0.2, 0.25) is 0 Å². The second-order valence-corrected chi connectivity index (χ2v) is 9.64. The highest BCUT2D eigenvalue weighted by Crippen LogP contribution is 2.44. The van der Waals surface area contributed by atoms with Gasteiger partial charge in [-0.3, -0.25) is 0 Å². The van der Waals surface area contributed by atoms with Crippen LogP contribution < -0.4 is 10.6 Å². The molecular weight excluding hydrogens is 556 g/mol. The van der Waals surface area contributed by atoms with Crippen LogP contribution in [-0.4, -0.2) is 125 Å². The second kappa shape index (κ2) is 22.9. The molecule has 0 aromatic heterocycles. The summed E-state index contributed by atoms with van der Waals surface area (Å²) in [5.74, 6) is 0.0447. The van der Waals surface area contributed by atoms with Crippen LogP contribution in [0.1, 0.15) is 17.0 Å². The quantitative estimate of drug-likeness (QED) is 0.155. The van der Waals surface area contributed by atoms with Crippen LogP contribution in [0.25, 0.3) is 11.1 Å². The Labute approximate surface area is 255 Å². The van der Waals surface area contributed by atoms with Crippen molar-refractivity contribution in [3.63, 3.8) is 0 Å². The van der Waals surface area contributed by atoms with Crippen LogP contribution in [0.3, 0.4) is 0 Å². The molecule has 0 heterocycles. The van der Waals surface area contributed by atoms with Crippen molar-refractivity contribution in [3.8, 4) is 11.1 Å². The molecule has 240 valence electrons. The zero-order valence-corrected chi connectivity index (χ0v) is 25.4. The molecule has 2 N–H and O–H groups in total. The van der Waals surface area contributed by atoms with Crippen LogP contribution in [0.5, 0.6) is 0 Å². The number of likely N-dealkylation sites (N-methyl/N-ethyl adjacent to an activating group) is 1. The number of fused-ring (bicyclic) bond motifs is 3. The van der Waals surface area contributed by atoms with Gasteiger partial charge in [0.15, 0.2) is 0 Å². The Bertz CT molecular complexity index is 965. The maximum Gasteiger partial charge on any atom is 0.407 e. The average molecular weight is 605 g/mol. The van der Waals surface area contributed by atoms with Crippen LogP contribution in [-0.2, 0) is 37.9 Å². The first-order chi connectivity index (χ1) is 21.3. The molecule has 0 aliphatic heterocycles. The lowest BCUT2D eigenvalue weighted by Crippen LogP contribution is -2.29. The van der Waals surface area contributed by atoms with E-state index in [2.05, 4.69) is 34.9 Å². The normalized spacial score (nSPS) is 12.3. The molecule has 0 saturated heterocycles. The minimum absolute atomic E-state index is 0.0447. The highest BCUT2D eigenvalue weighted by molar-refractivity contribution is 5.79. The first-order valence-electron chi connectivity index (χ1n) is 15.1. The first kappa shape index (κ1) is 34.9. The van der Waals surface area contributed by atoms with Gasteiger partial charge in [0.25, 0.3) is 0 Å². The molecule has 2 aromatic carbocycles. The van der Waals surface area contributed by atoms with Crippen LogP contribution in [0.4, 0.5) is 4.79 Å². The van der Waals surface area contributed by atoms with Crippen molar-refractivity contribution < 1.29 is 42.7 Å². The molecule has 0 bridgehead atoms. The minimum atomic E-state index is -0.446. The second-order valence-electron chi connectivity index (χ2n) is 9.64. The van der Waals surface area contributed by atoms with Gasteiger partial charge in [0.05, 0.1) is 92.5 Å². The summed E-state index contributed by atoms with van der Waals surface area (Å²) in [6.07, 6.45) is -0.446. The van der Waals surface area contributed by atoms with Gasteiger partial charge >= 0.3 is 6.09 Å². The summed E-state index contributed by atoms with van der Waals surface area (Å²) in [7, 11) is 1.89. The van der Waals surface area contributed by atoms with E-state index in [0.29, 0.717) is 106 Å². The predicted molar refractivity (Wildman–Crippen MR) is 163 cm³/mol. The summed E-state index contributed by atoms with van der Waals surface area (Å²) in [4.78, 5) is 12.2. The number of nitrogens with one attached hydrogen (secondary N) is 2. The Morgan fingerprint density at radius 1 is 0.558 bits per heavy atom. The summed E-state index contributed by atoms with van der Waals surface area (Å²) < 4.78 is 43.7. The minimum Gasteiger partial charge on any atom is -0.449 e. The van der Waals surface area contributed by atoms with E-state index < -0.39 is 6.09 Å². The number of amides is 1. The Morgan fingerprint density at radius 3 is 1.35 bits per heavy atom. The largest absolute Gasteiger partial charge is 0.449 e. The number of alkyl carbamates (subject to hydrolysis) is 1. The fourth-order valence-electron chi connectivity index (χ4n) is 4.47. The van der Waals surface area contributed by atoms with E-state index in [1.807, 2.05) is 31.3 Å². The average Bonchev–Trinajstić information content (AvgIpc) is 3.35. The Kier molecular flexibility index (Phi) is 18.5. The highest BCUT2D eigenvalue weighted by Gasteiger charge is 2.28. The molecule has 1 aliphatic carbocycles. The molecule has 1 amide bonds. The number of hydrogen-bond donors (Lipinski definition) is 2. The monoisotopic (exact) mass is 604 g/mol. The van der Waals surface area contributed by atoms with Crippen molar-refractivity contribution in [2.24, 2.45) is 0 Å². The molecule has 11 nitrogen and oxygen atoms in total. The van der Waals surface area contributed by atoms with Crippen molar-refractivity contribution >= 4 is 6.09 Å². The molecule has 43 heavy (non-hydrogen) atoms. The van der Waals surface area contributed by atoms with Gasteiger partial charge in [-0.1, -0.05) is 48.5 Å². The molecule has 3 rings (SSSR count). The van der Waals surface area contributed by atoms with E-state index in [-0.39, 0.29) is 5.92 Å². The molecular formula is C32H48N2O9. The van der Waals surface area contributed by atoms with Gasteiger partial charge in [-0.05, 0) is 29.3 Å². The molecule has 0 fully saturated rings. The summed E-state index contributed by atoms with van der Waals surface area (Å²) >= 11 is 0. The third-order valence-electron chi connectivity index (χ3n) is 6.59. The number of rotatable bonds is 26. The van der Waals surface area contributed by atoms with Crippen molar-refractivity contribution in [2.45, 2.75) is 5.92 Å². The molecule has 0 unspecified atom stereocenters. The smallest absolute Gasteiger partial charge is 0.407 e. The molecule has 0 radical (unpaired) electrons. The van der Waals surface area contributed by atoms with Crippen LogP contribution in [0, 0.1) is 0 Å². The number of carbonyl (C=O) groups excluding carboxylic acids is 1. The summed E-state index contributed by atoms with van der Waals surface area (Å²) in [5.41, 5.74) is 4.79. The van der Waals surface area contributed by atoms with Crippen LogP contribution in [0.15, 0.2) is 48.5 Å². The van der Waals surface area contributed by atoms with Gasteiger partial charge in [0, 0.05) is 19.0 Å². The number of carbonyl (C=O) groups is 1. The number of benzene rings is 2. The van der Waals surface area contributed by atoms with Crippen LogP contribution >= 0.6 is 0 Å². The molecule has 0 atom stereocenters. The van der Waals surface area contributed by atoms with Crippen molar-refractivity contribution in [2.75, 3.05) is 119 Å². The van der Waals surface area contributed by atoms with E-state index in [4.69, 9.17) is 37.9 Å². The lowest BCUT2D eigenvalue weighted by Gasteiger charge is -2.14. The lowest BCUT2D eigenvalue weighted by molar-refractivity contribution is -0.0202. The molecule has 2 aromatic rings. The van der Waals surface area contributed by atoms with Gasteiger partial charge in [0.1, 0.15) is 6.61 Å². The number of ether oxygens (including phenoxy) is 8. The fourth-order valence-corrected chi connectivity index (χ4v) is 4.47. The third-order valence-corrected chi connectivity index (χ3v) is 6.59. The third kappa shape index (κ3) is 14.1. The Morgan fingerprint density at radius 2 is 0.930 bits per heavy atom. The van der Waals surface area contributed by atoms with Crippen molar-refractivity contribution in [1.29, 1.82) is 0 Å². The van der Waals surface area contributed by atoms with Gasteiger partial charge in [0.2, 0.25) is 0 Å². The number of hydrogen-bond acceptors (Lipinski definition) is 10. The summed E-state index contributed by atoms with van der Waals surface area (Å²) in [5, 5.41) is 5.76. The summed E-state index contributed by atoms with van der Waals surface area (Å²) in [6, 6.07) is 16.5. The maximum atomic E-state index is 12.2. The van der Waals surface area contributed by atoms with Gasteiger partial charge < -0.3 is 48.5 Å². The molecule has 11 heteroatoms. The lowest BCUT2D eigenvalue weighted by atomic mass is 9.98. The zero-order chi connectivity index (χ0) is 30.2. The predicted octanol–water partition coefficient (Wildman–Crippen LogP) is 2.86. The SMILES string of the molecule is CNCCOCCOCCOCCOCCOCCOCCOCCNC(=O)OCC1c2ccccc2-c2ccccc21. The topological polar surface area (TPSA) is 115 Å². The maximum absolute atomic E-state index is 12.2. The van der Waals surface area contributed by atoms with Crippen molar-refractivity contribution in [1.82, 2.24) is 10.6 Å². The van der Waals surface area contributed by atoms with Gasteiger partial charge in [-0.25, -0.2) is 4.79 Å².